The Labute approximate surface area is 272 Å². The summed E-state index contributed by atoms with van der Waals surface area (Å²) in [4.78, 5) is -0.508. The molecule has 0 amide bonds. The van der Waals surface area contributed by atoms with Crippen molar-refractivity contribution in [3.8, 4) is 0 Å². The topological polar surface area (TPSA) is 0 Å². The van der Waals surface area contributed by atoms with Crippen molar-refractivity contribution >= 4 is 19.5 Å². The van der Waals surface area contributed by atoms with Crippen molar-refractivity contribution in [2.45, 2.75) is 172 Å². The van der Waals surface area contributed by atoms with Gasteiger partial charge in [-0.05, 0) is 109 Å². The highest BCUT2D eigenvalue weighted by atomic mass is 35.5. The van der Waals surface area contributed by atoms with Crippen LogP contribution in [0, 0.1) is 0 Å². The quantitative estimate of drug-likeness (QED) is 0.131. The van der Waals surface area contributed by atoms with Crippen molar-refractivity contribution < 1.29 is 0 Å². The molecule has 2 fully saturated rings. The highest BCUT2D eigenvalue weighted by Crippen LogP contribution is 2.68. The predicted molar refractivity (Wildman–Crippen MR) is 196 cm³/mol. The molecule has 2 heteroatoms. The fraction of sp³-hybridized carbons (Fsp3) is 0.659. The zero-order valence-electron chi connectivity index (χ0n) is 28.9. The van der Waals surface area contributed by atoms with Crippen molar-refractivity contribution in [1.29, 1.82) is 0 Å². The van der Waals surface area contributed by atoms with Gasteiger partial charge in [0.1, 0.15) is 0 Å². The van der Waals surface area contributed by atoms with E-state index in [2.05, 4.69) is 104 Å². The highest BCUT2D eigenvalue weighted by molar-refractivity contribution is 7.60. The van der Waals surface area contributed by atoms with Crippen LogP contribution in [0.5, 0.6) is 0 Å². The first-order valence-electron chi connectivity index (χ1n) is 17.9. The lowest BCUT2D eigenvalue weighted by atomic mass is 9.74. The van der Waals surface area contributed by atoms with E-state index in [0.717, 1.165) is 24.2 Å². The second kappa shape index (κ2) is 15.9. The summed E-state index contributed by atoms with van der Waals surface area (Å²) in [5, 5.41) is 0. The Morgan fingerprint density at radius 3 is 1.67 bits per heavy atom. The van der Waals surface area contributed by atoms with Crippen LogP contribution in [0.25, 0.3) is 0 Å². The van der Waals surface area contributed by atoms with Crippen LogP contribution in [-0.2, 0) is 4.87 Å². The number of alkyl halides is 1. The molecule has 2 unspecified atom stereocenters. The maximum absolute atomic E-state index is 8.56. The Hall–Kier alpha value is -1.10. The summed E-state index contributed by atoms with van der Waals surface area (Å²) in [6.45, 7) is 18.6. The Morgan fingerprint density at radius 2 is 1.23 bits per heavy atom. The number of hydrogen-bond donors (Lipinski definition) is 0. The molecular formula is C41H62ClP. The van der Waals surface area contributed by atoms with Gasteiger partial charge in [0.25, 0.3) is 0 Å². The van der Waals surface area contributed by atoms with E-state index in [-0.39, 0.29) is 7.92 Å². The maximum Gasteiger partial charge on any atom is 0.0988 e. The molecule has 0 bridgehead atoms. The molecule has 1 aromatic rings. The van der Waals surface area contributed by atoms with Gasteiger partial charge >= 0.3 is 0 Å². The van der Waals surface area contributed by atoms with Crippen LogP contribution >= 0.6 is 19.5 Å². The van der Waals surface area contributed by atoms with Crippen LogP contribution in [0.4, 0.5) is 0 Å². The summed E-state index contributed by atoms with van der Waals surface area (Å²) in [5.41, 5.74) is 11.2. The van der Waals surface area contributed by atoms with E-state index < -0.39 is 4.87 Å². The number of halogens is 1. The van der Waals surface area contributed by atoms with Gasteiger partial charge in [-0.1, -0.05) is 142 Å². The smallest absolute Gasteiger partial charge is 0.0988 e. The molecule has 0 N–H and O–H groups in total. The van der Waals surface area contributed by atoms with Gasteiger partial charge < -0.3 is 0 Å². The van der Waals surface area contributed by atoms with E-state index >= 15 is 0 Å². The van der Waals surface area contributed by atoms with Crippen molar-refractivity contribution in [2.75, 3.05) is 0 Å². The minimum atomic E-state index is -0.508. The van der Waals surface area contributed by atoms with E-state index in [9.17, 15) is 0 Å². The standard InChI is InChI=1S/C41H62ClP/c1-9-11-19-32-25-26-41(42,39-37(30(5)6)27-33(29(3)4)28-38(39)31(7)8)40(36(32)24-12-10-2)43(34-20-15-13-16-21-34)35-22-17-14-18-23-35/h9-12,25-31,34-35,40H,13-24H2,1-8H3. The van der Waals surface area contributed by atoms with Crippen molar-refractivity contribution in [3.05, 3.63) is 82.0 Å². The molecule has 1 aromatic carbocycles. The number of benzene rings is 1. The molecule has 0 radical (unpaired) electrons. The molecular weight excluding hydrogens is 559 g/mol. The molecule has 43 heavy (non-hydrogen) atoms. The first-order valence-corrected chi connectivity index (χ1v) is 19.8. The lowest BCUT2D eigenvalue weighted by molar-refractivity contribution is 0.478. The first kappa shape index (κ1) is 34.8. The van der Waals surface area contributed by atoms with E-state index in [1.54, 1.807) is 5.57 Å². The van der Waals surface area contributed by atoms with E-state index in [4.69, 9.17) is 11.6 Å². The van der Waals surface area contributed by atoms with Crippen LogP contribution in [0.1, 0.15) is 172 Å². The molecule has 3 aliphatic carbocycles. The SMILES string of the molecule is CC=CCC1=C(CC=CC)C(P(C2CCCCC2)C2CCCCC2)C(Cl)(c2c(C(C)C)cc(C(C)C)cc2C(C)C)C=C1. The largest absolute Gasteiger partial charge is 0.108 e. The summed E-state index contributed by atoms with van der Waals surface area (Å²) in [6, 6.07) is 5.08. The third kappa shape index (κ3) is 7.83. The van der Waals surface area contributed by atoms with Gasteiger partial charge in [-0.25, -0.2) is 0 Å². The Bertz CT molecular complexity index is 1120. The lowest BCUT2D eigenvalue weighted by Crippen LogP contribution is -2.42. The van der Waals surface area contributed by atoms with Gasteiger partial charge in [-0.15, -0.1) is 11.6 Å². The van der Waals surface area contributed by atoms with Gasteiger partial charge in [0.15, 0.2) is 0 Å². The van der Waals surface area contributed by atoms with Crippen LogP contribution < -0.4 is 0 Å². The van der Waals surface area contributed by atoms with Gasteiger partial charge in [0, 0.05) is 5.66 Å². The second-order valence-corrected chi connectivity index (χ2v) is 18.2. The molecule has 0 spiro atoms. The summed E-state index contributed by atoms with van der Waals surface area (Å²) in [5.74, 6) is 1.37. The van der Waals surface area contributed by atoms with Crippen LogP contribution in [-0.4, -0.2) is 17.0 Å². The molecule has 2 saturated carbocycles. The first-order chi connectivity index (χ1) is 20.6. The minimum absolute atomic E-state index is 0.307. The zero-order valence-corrected chi connectivity index (χ0v) is 30.5. The molecule has 0 aromatic heterocycles. The monoisotopic (exact) mass is 620 g/mol. The average molecular weight is 621 g/mol. The van der Waals surface area contributed by atoms with Crippen LogP contribution in [0.2, 0.25) is 0 Å². The molecule has 2 atom stereocenters. The normalized spacial score (nSPS) is 24.7. The van der Waals surface area contributed by atoms with Crippen molar-refractivity contribution in [2.24, 2.45) is 0 Å². The fourth-order valence-electron chi connectivity index (χ4n) is 8.27. The zero-order chi connectivity index (χ0) is 31.1. The lowest BCUT2D eigenvalue weighted by Gasteiger charge is -2.51. The Morgan fingerprint density at radius 1 is 0.744 bits per heavy atom. The van der Waals surface area contributed by atoms with Crippen LogP contribution in [0.3, 0.4) is 0 Å². The van der Waals surface area contributed by atoms with Gasteiger partial charge in [0.05, 0.1) is 4.87 Å². The molecule has 0 aliphatic heterocycles. The van der Waals surface area contributed by atoms with Crippen molar-refractivity contribution in [3.63, 3.8) is 0 Å². The Balaban J connectivity index is 2.06. The third-order valence-corrected chi connectivity index (χ3v) is 15.3. The number of hydrogen-bond acceptors (Lipinski definition) is 0. The summed E-state index contributed by atoms with van der Waals surface area (Å²) in [7, 11) is -0.307. The van der Waals surface area contributed by atoms with E-state index in [1.165, 1.54) is 92.0 Å². The van der Waals surface area contributed by atoms with E-state index in [1.807, 2.05) is 0 Å². The summed E-state index contributed by atoms with van der Waals surface area (Å²) >= 11 is 8.56. The highest BCUT2D eigenvalue weighted by Gasteiger charge is 2.51. The van der Waals surface area contributed by atoms with Gasteiger partial charge in [-0.3, -0.25) is 0 Å². The van der Waals surface area contributed by atoms with E-state index in [0.29, 0.717) is 23.4 Å². The predicted octanol–water partition coefficient (Wildman–Crippen LogP) is 13.8. The molecule has 0 heterocycles. The molecule has 4 rings (SSSR count). The fourth-order valence-corrected chi connectivity index (χ4v) is 13.7. The van der Waals surface area contributed by atoms with Gasteiger partial charge in [-0.2, -0.15) is 0 Å². The third-order valence-electron chi connectivity index (χ3n) is 10.6. The molecule has 238 valence electrons. The average Bonchev–Trinajstić information content (AvgIpc) is 3.01. The molecule has 0 nitrogen and oxygen atoms in total. The van der Waals surface area contributed by atoms with Crippen molar-refractivity contribution in [1.82, 2.24) is 0 Å². The van der Waals surface area contributed by atoms with Gasteiger partial charge in [0.2, 0.25) is 0 Å². The second-order valence-electron chi connectivity index (χ2n) is 14.7. The maximum atomic E-state index is 8.56. The summed E-state index contributed by atoms with van der Waals surface area (Å²) < 4.78 is 0. The molecule has 3 aliphatic rings. The molecule has 0 saturated heterocycles. The minimum Gasteiger partial charge on any atom is -0.108 e. The number of allylic oxidation sites excluding steroid dienone is 8. The van der Waals surface area contributed by atoms with Crippen LogP contribution in [0.15, 0.2) is 59.7 Å². The summed E-state index contributed by atoms with van der Waals surface area (Å²) in [6.07, 6.45) is 30.4. The number of rotatable bonds is 11. The Kier molecular flexibility index (Phi) is 12.9.